The van der Waals surface area contributed by atoms with Crippen molar-refractivity contribution in [2.45, 2.75) is 33.6 Å². The molecule has 2 amide bonds. The van der Waals surface area contributed by atoms with Crippen LogP contribution >= 0.6 is 0 Å². The second-order valence-corrected chi connectivity index (χ2v) is 7.11. The van der Waals surface area contributed by atoms with Crippen molar-refractivity contribution in [3.63, 3.8) is 0 Å². The highest BCUT2D eigenvalue weighted by molar-refractivity contribution is 6.00. The Kier molecular flexibility index (Phi) is 5.27. The summed E-state index contributed by atoms with van der Waals surface area (Å²) in [5.74, 6) is 0.825. The highest BCUT2D eigenvalue weighted by atomic mass is 16.2. The summed E-state index contributed by atoms with van der Waals surface area (Å²) in [5, 5.41) is 5.83. The maximum Gasteiger partial charge on any atom is 0.323 e. The molecule has 0 atom stereocenters. The van der Waals surface area contributed by atoms with Crippen LogP contribution in [-0.2, 0) is 0 Å². The Labute approximate surface area is 150 Å². The molecule has 25 heavy (non-hydrogen) atoms. The van der Waals surface area contributed by atoms with E-state index in [0.29, 0.717) is 0 Å². The number of anilines is 3. The van der Waals surface area contributed by atoms with Crippen LogP contribution in [0, 0.1) is 19.8 Å². The van der Waals surface area contributed by atoms with Gasteiger partial charge in [-0.1, -0.05) is 19.1 Å². The van der Waals surface area contributed by atoms with E-state index in [1.54, 1.807) is 0 Å². The van der Waals surface area contributed by atoms with Crippen LogP contribution in [-0.4, -0.2) is 19.1 Å². The van der Waals surface area contributed by atoms with Crippen molar-refractivity contribution in [1.29, 1.82) is 0 Å². The fourth-order valence-electron chi connectivity index (χ4n) is 3.18. The molecule has 0 aromatic heterocycles. The molecule has 1 aliphatic heterocycles. The van der Waals surface area contributed by atoms with Crippen molar-refractivity contribution in [3.05, 3.63) is 53.6 Å². The molecule has 4 heteroatoms. The summed E-state index contributed by atoms with van der Waals surface area (Å²) in [6.07, 6.45) is 2.50. The van der Waals surface area contributed by atoms with Gasteiger partial charge in [-0.05, 0) is 74.1 Å². The van der Waals surface area contributed by atoms with E-state index in [1.807, 2.05) is 44.2 Å². The molecule has 1 fully saturated rings. The van der Waals surface area contributed by atoms with Gasteiger partial charge in [0.1, 0.15) is 0 Å². The Bertz CT molecular complexity index is 731. The van der Waals surface area contributed by atoms with Crippen molar-refractivity contribution < 1.29 is 4.79 Å². The molecule has 132 valence electrons. The average molecular weight is 337 g/mol. The van der Waals surface area contributed by atoms with E-state index in [1.165, 1.54) is 18.5 Å². The first kappa shape index (κ1) is 17.3. The highest BCUT2D eigenvalue weighted by Crippen LogP contribution is 2.24. The number of carbonyl (C=O) groups excluding carboxylic acids is 1. The van der Waals surface area contributed by atoms with Gasteiger partial charge in [0.25, 0.3) is 0 Å². The van der Waals surface area contributed by atoms with E-state index in [2.05, 4.69) is 34.6 Å². The lowest BCUT2D eigenvalue weighted by Crippen LogP contribution is -2.32. The van der Waals surface area contributed by atoms with E-state index < -0.39 is 0 Å². The third kappa shape index (κ3) is 4.53. The first-order chi connectivity index (χ1) is 12.0. The molecule has 0 bridgehead atoms. The molecule has 1 saturated heterocycles. The Hall–Kier alpha value is -2.49. The summed E-state index contributed by atoms with van der Waals surface area (Å²) in [4.78, 5) is 14.7. The predicted octanol–water partition coefficient (Wildman–Crippen LogP) is 5.18. The minimum atomic E-state index is -0.215. The molecule has 1 heterocycles. The summed E-state index contributed by atoms with van der Waals surface area (Å²) in [5.41, 5.74) is 5.05. The lowest BCUT2D eigenvalue weighted by molar-refractivity contribution is 0.262. The van der Waals surface area contributed by atoms with Gasteiger partial charge in [-0.3, -0.25) is 0 Å². The number of hydrogen-bond acceptors (Lipinski definition) is 2. The number of aryl methyl sites for hydroxylation is 2. The Balaban J connectivity index is 1.59. The normalized spacial score (nSPS) is 15.1. The van der Waals surface area contributed by atoms with Crippen molar-refractivity contribution >= 4 is 23.1 Å². The van der Waals surface area contributed by atoms with Crippen molar-refractivity contribution in [2.24, 2.45) is 5.92 Å². The first-order valence-electron chi connectivity index (χ1n) is 9.01. The number of amides is 2. The van der Waals surface area contributed by atoms with Gasteiger partial charge in [-0.15, -0.1) is 0 Å². The Morgan fingerprint density at radius 3 is 2.36 bits per heavy atom. The van der Waals surface area contributed by atoms with Crippen molar-refractivity contribution in [1.82, 2.24) is 0 Å². The lowest BCUT2D eigenvalue weighted by atomic mass is 9.99. The molecule has 0 aliphatic carbocycles. The zero-order valence-corrected chi connectivity index (χ0v) is 15.3. The van der Waals surface area contributed by atoms with Crippen molar-refractivity contribution in [3.8, 4) is 0 Å². The van der Waals surface area contributed by atoms with E-state index in [9.17, 15) is 4.79 Å². The van der Waals surface area contributed by atoms with Gasteiger partial charge in [0.15, 0.2) is 0 Å². The van der Waals surface area contributed by atoms with E-state index in [4.69, 9.17) is 0 Å². The van der Waals surface area contributed by atoms with E-state index >= 15 is 0 Å². The highest BCUT2D eigenvalue weighted by Gasteiger charge is 2.16. The molecular formula is C21H27N3O. The zero-order valence-electron chi connectivity index (χ0n) is 15.3. The SMILES string of the molecule is Cc1ccc(C)c(NC(=O)Nc2ccc(N3CCC(C)CC3)cc2)c1. The smallest absolute Gasteiger partial charge is 0.323 e. The zero-order chi connectivity index (χ0) is 17.8. The third-order valence-corrected chi connectivity index (χ3v) is 4.92. The molecule has 4 nitrogen and oxygen atoms in total. The van der Waals surface area contributed by atoms with Crippen molar-refractivity contribution in [2.75, 3.05) is 28.6 Å². The minimum Gasteiger partial charge on any atom is -0.372 e. The quantitative estimate of drug-likeness (QED) is 0.810. The van der Waals surface area contributed by atoms with Gasteiger partial charge in [-0.2, -0.15) is 0 Å². The number of hydrogen-bond donors (Lipinski definition) is 2. The van der Waals surface area contributed by atoms with E-state index in [0.717, 1.165) is 41.5 Å². The summed E-state index contributed by atoms with van der Waals surface area (Å²) >= 11 is 0. The van der Waals surface area contributed by atoms with Crippen LogP contribution in [0.2, 0.25) is 0 Å². The van der Waals surface area contributed by atoms with Crippen LogP contribution in [0.25, 0.3) is 0 Å². The standard InChI is InChI=1S/C21H27N3O/c1-15-10-12-24(13-11-15)19-8-6-18(7-9-19)22-21(25)23-20-14-16(2)4-5-17(20)3/h4-9,14-15H,10-13H2,1-3H3,(H2,22,23,25). The monoisotopic (exact) mass is 337 g/mol. The van der Waals surface area contributed by atoms with Crippen LogP contribution in [0.3, 0.4) is 0 Å². The molecule has 3 rings (SSSR count). The number of nitrogens with one attached hydrogen (secondary N) is 2. The van der Waals surface area contributed by atoms with Crippen LogP contribution in [0.1, 0.15) is 30.9 Å². The Morgan fingerprint density at radius 1 is 1.00 bits per heavy atom. The Morgan fingerprint density at radius 2 is 1.68 bits per heavy atom. The summed E-state index contributed by atoms with van der Waals surface area (Å²) in [7, 11) is 0. The molecule has 0 unspecified atom stereocenters. The second kappa shape index (κ2) is 7.60. The topological polar surface area (TPSA) is 44.4 Å². The molecule has 2 aromatic rings. The molecule has 0 radical (unpaired) electrons. The van der Waals surface area contributed by atoms with Gasteiger partial charge in [0.2, 0.25) is 0 Å². The first-order valence-corrected chi connectivity index (χ1v) is 9.01. The fraction of sp³-hybridized carbons (Fsp3) is 0.381. The number of rotatable bonds is 3. The maximum absolute atomic E-state index is 12.2. The molecule has 0 spiro atoms. The van der Waals surface area contributed by atoms with Crippen LogP contribution in [0.4, 0.5) is 21.9 Å². The number of carbonyl (C=O) groups is 1. The summed E-state index contributed by atoms with van der Waals surface area (Å²) in [6.45, 7) is 8.55. The molecular weight excluding hydrogens is 310 g/mol. The number of benzene rings is 2. The molecule has 2 N–H and O–H groups in total. The van der Waals surface area contributed by atoms with Gasteiger partial charge in [0.05, 0.1) is 0 Å². The largest absolute Gasteiger partial charge is 0.372 e. The second-order valence-electron chi connectivity index (χ2n) is 7.11. The van der Waals surface area contributed by atoms with Gasteiger partial charge < -0.3 is 15.5 Å². The van der Waals surface area contributed by atoms with Crippen LogP contribution < -0.4 is 15.5 Å². The number of urea groups is 1. The predicted molar refractivity (Wildman–Crippen MR) is 106 cm³/mol. The fourth-order valence-corrected chi connectivity index (χ4v) is 3.18. The number of piperidine rings is 1. The maximum atomic E-state index is 12.2. The number of nitrogens with zero attached hydrogens (tertiary/aromatic N) is 1. The van der Waals surface area contributed by atoms with Crippen LogP contribution in [0.5, 0.6) is 0 Å². The molecule has 0 saturated carbocycles. The lowest BCUT2D eigenvalue weighted by Gasteiger charge is -2.32. The summed E-state index contributed by atoms with van der Waals surface area (Å²) in [6, 6.07) is 13.9. The molecule has 1 aliphatic rings. The van der Waals surface area contributed by atoms with Gasteiger partial charge >= 0.3 is 6.03 Å². The molecule has 2 aromatic carbocycles. The van der Waals surface area contributed by atoms with Gasteiger partial charge in [0, 0.05) is 30.2 Å². The summed E-state index contributed by atoms with van der Waals surface area (Å²) < 4.78 is 0. The average Bonchev–Trinajstić information content (AvgIpc) is 2.59. The third-order valence-electron chi connectivity index (χ3n) is 4.92. The minimum absolute atomic E-state index is 0.215. The van der Waals surface area contributed by atoms with E-state index in [-0.39, 0.29) is 6.03 Å². The van der Waals surface area contributed by atoms with Gasteiger partial charge in [-0.25, -0.2) is 4.79 Å². The van der Waals surface area contributed by atoms with Crippen LogP contribution in [0.15, 0.2) is 42.5 Å².